The zero-order valence-electron chi connectivity index (χ0n) is 17.5. The average molecular weight is 371 g/mol. The zero-order valence-corrected chi connectivity index (χ0v) is 17.5. The van der Waals surface area contributed by atoms with Gasteiger partial charge in [-0.25, -0.2) is 0 Å². The highest BCUT2D eigenvalue weighted by atomic mass is 16.3. The van der Waals surface area contributed by atoms with E-state index in [9.17, 15) is 4.91 Å². The first kappa shape index (κ1) is 25.5. The molecular weight excluding hydrogens is 324 g/mol. The van der Waals surface area contributed by atoms with E-state index < -0.39 is 12.1 Å². The minimum Gasteiger partial charge on any atom is -0.395 e. The summed E-state index contributed by atoms with van der Waals surface area (Å²) in [7, 11) is 0. The molecule has 0 heterocycles. The van der Waals surface area contributed by atoms with Crippen LogP contribution in [0.25, 0.3) is 0 Å². The minimum absolute atomic E-state index is 0.157. The number of aliphatic hydroxyl groups excluding tert-OH is 1. The van der Waals surface area contributed by atoms with E-state index in [0.29, 0.717) is 6.42 Å². The fourth-order valence-electron chi connectivity index (χ4n) is 3.54. The van der Waals surface area contributed by atoms with Gasteiger partial charge in [-0.3, -0.25) is 0 Å². The van der Waals surface area contributed by atoms with Crippen molar-refractivity contribution < 1.29 is 5.11 Å². The molecule has 26 heavy (non-hydrogen) atoms. The third kappa shape index (κ3) is 17.0. The number of nitrogens with two attached hydrogens (primary N) is 1. The topological polar surface area (TPSA) is 75.7 Å². The Morgan fingerprint density at radius 1 is 0.692 bits per heavy atom. The molecule has 1 unspecified atom stereocenters. The number of rotatable bonds is 21. The summed E-state index contributed by atoms with van der Waals surface area (Å²) in [5, 5.41) is 12.0. The third-order valence-corrected chi connectivity index (χ3v) is 5.44. The lowest BCUT2D eigenvalue weighted by molar-refractivity contribution is 0.244. The van der Waals surface area contributed by atoms with Crippen LogP contribution < -0.4 is 5.73 Å². The summed E-state index contributed by atoms with van der Waals surface area (Å²) in [5.41, 5.74) is 5.66. The van der Waals surface area contributed by atoms with Crippen LogP contribution in [0, 0.1) is 4.91 Å². The van der Waals surface area contributed by atoms with Gasteiger partial charge in [0.2, 0.25) is 0 Å². The van der Waals surface area contributed by atoms with Crippen LogP contribution in [0.15, 0.2) is 5.18 Å². The Balaban J connectivity index is 3.16. The maximum absolute atomic E-state index is 10.7. The average Bonchev–Trinajstić information content (AvgIpc) is 2.66. The molecule has 0 aromatic carbocycles. The maximum Gasteiger partial charge on any atom is 0.109 e. The van der Waals surface area contributed by atoms with Crippen molar-refractivity contribution in [1.82, 2.24) is 0 Å². The van der Waals surface area contributed by atoms with Gasteiger partial charge in [0.25, 0.3) is 0 Å². The van der Waals surface area contributed by atoms with Crippen LogP contribution >= 0.6 is 0 Å². The van der Waals surface area contributed by atoms with E-state index in [2.05, 4.69) is 12.1 Å². The second-order valence-corrected chi connectivity index (χ2v) is 7.96. The van der Waals surface area contributed by atoms with Gasteiger partial charge in [0.15, 0.2) is 0 Å². The summed E-state index contributed by atoms with van der Waals surface area (Å²) < 4.78 is 0. The van der Waals surface area contributed by atoms with E-state index in [1.54, 1.807) is 0 Å². The van der Waals surface area contributed by atoms with Gasteiger partial charge in [-0.2, -0.15) is 4.91 Å². The largest absolute Gasteiger partial charge is 0.395 e. The molecule has 0 amide bonds. The highest BCUT2D eigenvalue weighted by Crippen LogP contribution is 2.15. The van der Waals surface area contributed by atoms with Gasteiger partial charge in [-0.05, 0) is 6.42 Å². The number of hydrogen-bond acceptors (Lipinski definition) is 4. The van der Waals surface area contributed by atoms with E-state index in [1.807, 2.05) is 0 Å². The van der Waals surface area contributed by atoms with Crippen molar-refractivity contribution in [2.24, 2.45) is 10.9 Å². The van der Waals surface area contributed by atoms with Gasteiger partial charge < -0.3 is 10.8 Å². The minimum atomic E-state index is -0.492. The first-order valence-corrected chi connectivity index (χ1v) is 11.4. The summed E-state index contributed by atoms with van der Waals surface area (Å²) in [4.78, 5) is 10.7. The van der Waals surface area contributed by atoms with Crippen LogP contribution in [0.3, 0.4) is 0 Å². The Bertz CT molecular complexity index is 287. The van der Waals surface area contributed by atoms with E-state index in [0.717, 1.165) is 12.8 Å². The molecule has 2 atom stereocenters. The van der Waals surface area contributed by atoms with Crippen LogP contribution in [-0.2, 0) is 0 Å². The van der Waals surface area contributed by atoms with Gasteiger partial charge in [0.1, 0.15) is 6.04 Å². The Labute approximate surface area is 162 Å². The molecule has 0 fully saturated rings. The molecule has 3 N–H and O–H groups in total. The number of nitroso groups, excluding NO2 is 1. The standard InChI is InChI=1S/C22H46N2O2/c1-2-3-4-5-6-7-8-9-10-11-12-13-14-15-16-17-18-19-22(24-26)21(23)20-25/h21-22,25H,2-20,23H2,1H3/t21-,22?/m1/s1. The van der Waals surface area contributed by atoms with Crippen LogP contribution in [0.2, 0.25) is 0 Å². The Morgan fingerprint density at radius 2 is 1.04 bits per heavy atom. The highest BCUT2D eigenvalue weighted by Gasteiger charge is 2.16. The van der Waals surface area contributed by atoms with Crippen molar-refractivity contribution in [1.29, 1.82) is 0 Å². The second kappa shape index (κ2) is 20.8. The molecule has 0 radical (unpaired) electrons. The van der Waals surface area contributed by atoms with Gasteiger partial charge in [-0.1, -0.05) is 121 Å². The fraction of sp³-hybridized carbons (Fsp3) is 1.00. The molecule has 4 heteroatoms. The van der Waals surface area contributed by atoms with E-state index in [4.69, 9.17) is 10.8 Å². The van der Waals surface area contributed by atoms with E-state index in [-0.39, 0.29) is 6.61 Å². The lowest BCUT2D eigenvalue weighted by Crippen LogP contribution is -2.36. The lowest BCUT2D eigenvalue weighted by Gasteiger charge is -2.14. The molecule has 0 spiro atoms. The van der Waals surface area contributed by atoms with Crippen molar-refractivity contribution in [2.45, 2.75) is 135 Å². The number of unbranched alkanes of at least 4 members (excludes halogenated alkanes) is 16. The zero-order chi connectivity index (χ0) is 19.3. The van der Waals surface area contributed by atoms with Crippen LogP contribution in [-0.4, -0.2) is 23.8 Å². The molecule has 0 saturated carbocycles. The monoisotopic (exact) mass is 370 g/mol. The Morgan fingerprint density at radius 3 is 1.35 bits per heavy atom. The molecule has 0 saturated heterocycles. The van der Waals surface area contributed by atoms with Gasteiger partial charge >= 0.3 is 0 Å². The molecule has 0 aliphatic carbocycles. The predicted molar refractivity (Wildman–Crippen MR) is 113 cm³/mol. The summed E-state index contributed by atoms with van der Waals surface area (Å²) in [6.07, 6.45) is 23.6. The normalized spacial score (nSPS) is 13.7. The summed E-state index contributed by atoms with van der Waals surface area (Å²) in [5.74, 6) is 0. The molecule has 0 aliphatic heterocycles. The summed E-state index contributed by atoms with van der Waals surface area (Å²) in [6.45, 7) is 2.12. The van der Waals surface area contributed by atoms with Crippen LogP contribution in [0.5, 0.6) is 0 Å². The molecule has 0 aromatic heterocycles. The van der Waals surface area contributed by atoms with Crippen molar-refractivity contribution in [3.8, 4) is 0 Å². The second-order valence-electron chi connectivity index (χ2n) is 7.96. The first-order valence-electron chi connectivity index (χ1n) is 11.4. The smallest absolute Gasteiger partial charge is 0.109 e. The molecule has 156 valence electrons. The van der Waals surface area contributed by atoms with Crippen molar-refractivity contribution >= 4 is 0 Å². The van der Waals surface area contributed by atoms with Gasteiger partial charge in [0.05, 0.1) is 12.6 Å². The first-order chi connectivity index (χ1) is 12.8. The summed E-state index contributed by atoms with van der Waals surface area (Å²) >= 11 is 0. The molecular formula is C22H46N2O2. The van der Waals surface area contributed by atoms with Gasteiger partial charge in [-0.15, -0.1) is 0 Å². The van der Waals surface area contributed by atoms with Crippen molar-refractivity contribution in [2.75, 3.05) is 6.61 Å². The Kier molecular flexibility index (Phi) is 20.4. The molecule has 0 aromatic rings. The lowest BCUT2D eigenvalue weighted by atomic mass is 10.0. The Hall–Kier alpha value is -0.480. The molecule has 0 bridgehead atoms. The van der Waals surface area contributed by atoms with Crippen LogP contribution in [0.4, 0.5) is 0 Å². The maximum atomic E-state index is 10.7. The van der Waals surface area contributed by atoms with E-state index in [1.165, 1.54) is 96.3 Å². The van der Waals surface area contributed by atoms with Crippen LogP contribution in [0.1, 0.15) is 122 Å². The third-order valence-electron chi connectivity index (χ3n) is 5.44. The predicted octanol–water partition coefficient (Wildman–Crippen LogP) is 6.48. The van der Waals surface area contributed by atoms with Gasteiger partial charge in [0, 0.05) is 0 Å². The van der Waals surface area contributed by atoms with Crippen molar-refractivity contribution in [3.63, 3.8) is 0 Å². The fourth-order valence-corrected chi connectivity index (χ4v) is 3.54. The molecule has 0 aliphatic rings. The quantitative estimate of drug-likeness (QED) is 0.179. The van der Waals surface area contributed by atoms with Crippen molar-refractivity contribution in [3.05, 3.63) is 4.91 Å². The SMILES string of the molecule is CCCCCCCCCCCCCCCCCCCC(N=O)[C@H](N)CO. The highest BCUT2D eigenvalue weighted by molar-refractivity contribution is 4.77. The number of nitrogens with zero attached hydrogens (tertiary/aromatic N) is 1. The molecule has 0 rings (SSSR count). The number of aliphatic hydroxyl groups is 1. The molecule has 4 nitrogen and oxygen atoms in total. The summed E-state index contributed by atoms with van der Waals surface area (Å²) in [6, 6.07) is -0.912. The van der Waals surface area contributed by atoms with E-state index >= 15 is 0 Å². The number of hydrogen-bond donors (Lipinski definition) is 2.